The molecule has 0 spiro atoms. The molecule has 1 saturated heterocycles. The number of nitrogens with one attached hydrogen (secondary N) is 1. The van der Waals surface area contributed by atoms with Crippen LogP contribution in [0.1, 0.15) is 25.8 Å². The Labute approximate surface area is 130 Å². The molecule has 0 saturated carbocycles. The summed E-state index contributed by atoms with van der Waals surface area (Å²) < 4.78 is 13.4. The Kier molecular flexibility index (Phi) is 6.72. The molecule has 112 valence electrons. The van der Waals surface area contributed by atoms with E-state index in [2.05, 4.69) is 42.7 Å². The molecule has 1 nitrogen and oxygen atoms in total. The predicted molar refractivity (Wildman–Crippen MR) is 90.4 cm³/mol. The van der Waals surface area contributed by atoms with E-state index in [9.17, 15) is 4.39 Å². The third kappa shape index (κ3) is 4.40. The van der Waals surface area contributed by atoms with Crippen LogP contribution in [0, 0.1) is 5.82 Å². The highest BCUT2D eigenvalue weighted by Crippen LogP contribution is 2.36. The van der Waals surface area contributed by atoms with Crippen molar-refractivity contribution >= 4 is 23.5 Å². The van der Waals surface area contributed by atoms with Gasteiger partial charge in [0.05, 0.1) is 0 Å². The van der Waals surface area contributed by atoms with Crippen molar-refractivity contribution < 1.29 is 4.39 Å². The monoisotopic (exact) mass is 313 g/mol. The normalized spacial score (nSPS) is 24.6. The van der Waals surface area contributed by atoms with Gasteiger partial charge in [0.2, 0.25) is 0 Å². The van der Waals surface area contributed by atoms with Crippen molar-refractivity contribution in [2.24, 2.45) is 0 Å². The molecule has 0 amide bonds. The van der Waals surface area contributed by atoms with Crippen LogP contribution in [0.2, 0.25) is 0 Å². The van der Waals surface area contributed by atoms with Gasteiger partial charge in [-0.2, -0.15) is 23.5 Å². The number of halogens is 1. The summed E-state index contributed by atoms with van der Waals surface area (Å²) in [6.07, 6.45) is 2.13. The van der Waals surface area contributed by atoms with Gasteiger partial charge in [-0.1, -0.05) is 26.0 Å². The Balaban J connectivity index is 2.09. The van der Waals surface area contributed by atoms with Gasteiger partial charge in [-0.25, -0.2) is 4.39 Å². The predicted octanol–water partition coefficient (Wildman–Crippen LogP) is 3.97. The Morgan fingerprint density at radius 3 is 2.80 bits per heavy atom. The first-order valence-corrected chi connectivity index (χ1v) is 9.55. The molecule has 1 heterocycles. The fraction of sp³-hybridized carbons (Fsp3) is 0.625. The Bertz CT molecular complexity index is 413. The Morgan fingerprint density at radius 1 is 1.30 bits per heavy atom. The van der Waals surface area contributed by atoms with E-state index in [-0.39, 0.29) is 5.82 Å². The van der Waals surface area contributed by atoms with Gasteiger partial charge in [0.25, 0.3) is 0 Å². The summed E-state index contributed by atoms with van der Waals surface area (Å²) in [5.41, 5.74) is 1.10. The molecule has 1 aromatic rings. The molecule has 1 fully saturated rings. The van der Waals surface area contributed by atoms with Gasteiger partial charge in [0.1, 0.15) is 5.82 Å². The van der Waals surface area contributed by atoms with Crippen molar-refractivity contribution in [3.8, 4) is 0 Å². The molecule has 2 rings (SSSR count). The number of hydrogen-bond acceptors (Lipinski definition) is 3. The average molecular weight is 314 g/mol. The van der Waals surface area contributed by atoms with Gasteiger partial charge < -0.3 is 5.32 Å². The lowest BCUT2D eigenvalue weighted by Crippen LogP contribution is -2.46. The van der Waals surface area contributed by atoms with Gasteiger partial charge in [-0.15, -0.1) is 0 Å². The highest BCUT2D eigenvalue weighted by atomic mass is 32.2. The van der Waals surface area contributed by atoms with E-state index in [1.165, 1.54) is 24.0 Å². The fourth-order valence-corrected chi connectivity index (χ4v) is 6.06. The molecule has 3 unspecified atom stereocenters. The lowest BCUT2D eigenvalue weighted by Gasteiger charge is -2.36. The van der Waals surface area contributed by atoms with E-state index in [4.69, 9.17) is 0 Å². The Morgan fingerprint density at radius 2 is 2.10 bits per heavy atom. The molecule has 1 aromatic carbocycles. The summed E-state index contributed by atoms with van der Waals surface area (Å²) in [4.78, 5) is 0. The quantitative estimate of drug-likeness (QED) is 0.853. The second kappa shape index (κ2) is 8.30. The van der Waals surface area contributed by atoms with Crippen LogP contribution in [0.5, 0.6) is 0 Å². The summed E-state index contributed by atoms with van der Waals surface area (Å²) >= 11 is 4.19. The van der Waals surface area contributed by atoms with Crippen LogP contribution in [-0.4, -0.2) is 34.6 Å². The topological polar surface area (TPSA) is 12.0 Å². The van der Waals surface area contributed by atoms with Crippen LogP contribution in [0.25, 0.3) is 0 Å². The zero-order valence-electron chi connectivity index (χ0n) is 12.3. The highest BCUT2D eigenvalue weighted by molar-refractivity contribution is 8.07. The summed E-state index contributed by atoms with van der Waals surface area (Å²) in [7, 11) is 0. The van der Waals surface area contributed by atoms with Gasteiger partial charge in [0.15, 0.2) is 0 Å². The zero-order chi connectivity index (χ0) is 14.4. The molecule has 0 aromatic heterocycles. The van der Waals surface area contributed by atoms with E-state index in [0.717, 1.165) is 18.5 Å². The number of hydrogen-bond donors (Lipinski definition) is 1. The molecular formula is C16H24FNS2. The van der Waals surface area contributed by atoms with Crippen LogP contribution in [0.3, 0.4) is 0 Å². The minimum absolute atomic E-state index is 0.129. The SMILES string of the molecule is CCNC(Cc1cccc(F)c1)C1SCCSC1CC. The van der Waals surface area contributed by atoms with Crippen LogP contribution in [0.4, 0.5) is 4.39 Å². The van der Waals surface area contributed by atoms with Crippen molar-refractivity contribution in [3.05, 3.63) is 35.6 Å². The maximum absolute atomic E-state index is 13.4. The second-order valence-electron chi connectivity index (χ2n) is 5.15. The molecule has 3 atom stereocenters. The summed E-state index contributed by atoms with van der Waals surface area (Å²) in [6, 6.07) is 7.48. The van der Waals surface area contributed by atoms with E-state index < -0.39 is 0 Å². The largest absolute Gasteiger partial charge is 0.313 e. The van der Waals surface area contributed by atoms with Crippen LogP contribution in [0.15, 0.2) is 24.3 Å². The van der Waals surface area contributed by atoms with Crippen LogP contribution < -0.4 is 5.32 Å². The molecule has 4 heteroatoms. The van der Waals surface area contributed by atoms with Gasteiger partial charge >= 0.3 is 0 Å². The van der Waals surface area contributed by atoms with E-state index in [1.54, 1.807) is 6.07 Å². The van der Waals surface area contributed by atoms with E-state index in [0.29, 0.717) is 16.5 Å². The third-order valence-electron chi connectivity index (χ3n) is 3.70. The first-order chi connectivity index (χ1) is 9.74. The maximum Gasteiger partial charge on any atom is 0.123 e. The molecule has 0 aliphatic carbocycles. The number of likely N-dealkylation sites (N-methyl/N-ethyl adjacent to an activating group) is 1. The van der Waals surface area contributed by atoms with Crippen molar-refractivity contribution in [1.82, 2.24) is 5.32 Å². The molecule has 20 heavy (non-hydrogen) atoms. The summed E-state index contributed by atoms with van der Waals surface area (Å²) in [5.74, 6) is 2.37. The fourth-order valence-electron chi connectivity index (χ4n) is 2.80. The number of rotatable bonds is 6. The van der Waals surface area contributed by atoms with E-state index in [1.807, 2.05) is 12.1 Å². The lowest BCUT2D eigenvalue weighted by atomic mass is 10.00. The van der Waals surface area contributed by atoms with E-state index >= 15 is 0 Å². The highest BCUT2D eigenvalue weighted by Gasteiger charge is 2.31. The van der Waals surface area contributed by atoms with Crippen molar-refractivity contribution in [2.75, 3.05) is 18.1 Å². The average Bonchev–Trinajstić information content (AvgIpc) is 2.47. The molecule has 0 radical (unpaired) electrons. The second-order valence-corrected chi connectivity index (χ2v) is 7.78. The van der Waals surface area contributed by atoms with Crippen molar-refractivity contribution in [2.45, 2.75) is 43.2 Å². The minimum Gasteiger partial charge on any atom is -0.313 e. The standard InChI is InChI=1S/C16H24FNS2/c1-3-15-16(20-9-8-19-15)14(18-4-2)11-12-6-5-7-13(17)10-12/h5-7,10,14-16,18H,3-4,8-9,11H2,1-2H3. The number of benzene rings is 1. The molecule has 1 aliphatic heterocycles. The molecule has 1 aliphatic rings. The van der Waals surface area contributed by atoms with Gasteiger partial charge in [-0.3, -0.25) is 0 Å². The summed E-state index contributed by atoms with van der Waals surface area (Å²) in [5, 5.41) is 4.97. The summed E-state index contributed by atoms with van der Waals surface area (Å²) in [6.45, 7) is 5.40. The Hall–Kier alpha value is -0.190. The lowest BCUT2D eigenvalue weighted by molar-refractivity contribution is 0.489. The third-order valence-corrected chi connectivity index (χ3v) is 7.11. The molecule has 1 N–H and O–H groups in total. The molecular weight excluding hydrogens is 289 g/mol. The van der Waals surface area contributed by atoms with Gasteiger partial charge in [0, 0.05) is 28.0 Å². The smallest absolute Gasteiger partial charge is 0.123 e. The van der Waals surface area contributed by atoms with Gasteiger partial charge in [-0.05, 0) is 37.1 Å². The zero-order valence-corrected chi connectivity index (χ0v) is 13.9. The number of thioether (sulfide) groups is 2. The first-order valence-electron chi connectivity index (χ1n) is 7.45. The molecule has 0 bridgehead atoms. The maximum atomic E-state index is 13.4. The minimum atomic E-state index is -0.129. The first kappa shape index (κ1) is 16.2. The van der Waals surface area contributed by atoms with Crippen molar-refractivity contribution in [3.63, 3.8) is 0 Å². The van der Waals surface area contributed by atoms with Crippen LogP contribution in [-0.2, 0) is 6.42 Å². The van der Waals surface area contributed by atoms with Crippen molar-refractivity contribution in [1.29, 1.82) is 0 Å². The van der Waals surface area contributed by atoms with Crippen LogP contribution >= 0.6 is 23.5 Å².